The Balaban J connectivity index is 4.09. The quantitative estimate of drug-likeness (QED) is 0.477. The molecule has 1 unspecified atom stereocenters. The fourth-order valence-electron chi connectivity index (χ4n) is 0.737. The summed E-state index contributed by atoms with van der Waals surface area (Å²) in [7, 11) is 0. The van der Waals surface area contributed by atoms with E-state index in [9.17, 15) is 4.79 Å². The van der Waals surface area contributed by atoms with Crippen LogP contribution in [0.15, 0.2) is 0 Å². The van der Waals surface area contributed by atoms with Crippen molar-refractivity contribution < 1.29 is 15.0 Å². The van der Waals surface area contributed by atoms with Crippen molar-refractivity contribution in [1.82, 2.24) is 0 Å². The molecule has 4 nitrogen and oxygen atoms in total. The molecule has 0 spiro atoms. The number of ketones is 1. The number of carbonyl (C=O) groups excluding carboxylic acids is 1. The summed E-state index contributed by atoms with van der Waals surface area (Å²) in [5, 5.41) is 24.2. The lowest BCUT2D eigenvalue weighted by atomic mass is 9.98. The monoisotopic (exact) mass is 159 g/mol. The first-order valence-corrected chi connectivity index (χ1v) is 3.50. The summed E-state index contributed by atoms with van der Waals surface area (Å²) >= 11 is 0. The Morgan fingerprint density at radius 3 is 2.36 bits per heavy atom. The standard InChI is InChI=1S/C7H13NO3/c1-2-5(3-9)7(8)6(11)4-10/h5,8-10H,2-4H2,1H3. The summed E-state index contributed by atoms with van der Waals surface area (Å²) in [6.07, 6.45) is 0.543. The second-order valence-corrected chi connectivity index (χ2v) is 2.28. The molecule has 0 bridgehead atoms. The minimum absolute atomic E-state index is 0.183. The molecule has 0 saturated heterocycles. The van der Waals surface area contributed by atoms with Crippen molar-refractivity contribution in [3.8, 4) is 0 Å². The summed E-state index contributed by atoms with van der Waals surface area (Å²) < 4.78 is 0. The van der Waals surface area contributed by atoms with Crippen molar-refractivity contribution in [2.45, 2.75) is 13.3 Å². The molecule has 0 aromatic rings. The molecule has 0 saturated carbocycles. The van der Waals surface area contributed by atoms with Crippen LogP contribution in [-0.4, -0.2) is 34.9 Å². The molecule has 1 atom stereocenters. The molecule has 11 heavy (non-hydrogen) atoms. The van der Waals surface area contributed by atoms with Crippen LogP contribution in [-0.2, 0) is 4.79 Å². The predicted octanol–water partition coefficient (Wildman–Crippen LogP) is -0.414. The van der Waals surface area contributed by atoms with Gasteiger partial charge in [-0.05, 0) is 6.42 Å². The van der Waals surface area contributed by atoms with E-state index in [1.807, 2.05) is 0 Å². The van der Waals surface area contributed by atoms with E-state index in [1.165, 1.54) is 0 Å². The third kappa shape index (κ3) is 2.78. The van der Waals surface area contributed by atoms with Crippen molar-refractivity contribution in [2.75, 3.05) is 13.2 Å². The van der Waals surface area contributed by atoms with E-state index < -0.39 is 18.3 Å². The van der Waals surface area contributed by atoms with Crippen LogP contribution in [0.3, 0.4) is 0 Å². The molecule has 4 heteroatoms. The van der Waals surface area contributed by atoms with Gasteiger partial charge in [-0.1, -0.05) is 6.92 Å². The van der Waals surface area contributed by atoms with Crippen LogP contribution >= 0.6 is 0 Å². The van der Waals surface area contributed by atoms with Gasteiger partial charge in [-0.15, -0.1) is 0 Å². The number of aliphatic hydroxyl groups is 2. The summed E-state index contributed by atoms with van der Waals surface area (Å²) in [5.41, 5.74) is -0.183. The molecule has 0 aliphatic carbocycles. The summed E-state index contributed by atoms with van der Waals surface area (Å²) in [5.74, 6) is -1.03. The second-order valence-electron chi connectivity index (χ2n) is 2.28. The fraction of sp³-hybridized carbons (Fsp3) is 0.714. The molecule has 0 aromatic heterocycles. The maximum Gasteiger partial charge on any atom is 0.201 e. The van der Waals surface area contributed by atoms with Crippen LogP contribution < -0.4 is 0 Å². The normalized spacial score (nSPS) is 12.6. The van der Waals surface area contributed by atoms with Gasteiger partial charge in [-0.3, -0.25) is 4.79 Å². The van der Waals surface area contributed by atoms with E-state index in [1.54, 1.807) is 6.92 Å². The van der Waals surface area contributed by atoms with Crippen molar-refractivity contribution in [2.24, 2.45) is 5.92 Å². The molecule has 0 fully saturated rings. The maximum atomic E-state index is 10.7. The minimum atomic E-state index is -0.644. The SMILES string of the molecule is CCC(CO)C(=N)C(=O)CO. The zero-order chi connectivity index (χ0) is 8.85. The van der Waals surface area contributed by atoms with Gasteiger partial charge in [0.05, 0.1) is 12.3 Å². The molecule has 0 amide bonds. The van der Waals surface area contributed by atoms with Gasteiger partial charge in [-0.2, -0.15) is 0 Å². The largest absolute Gasteiger partial charge is 0.396 e. The number of rotatable bonds is 5. The van der Waals surface area contributed by atoms with Crippen LogP contribution in [0.4, 0.5) is 0 Å². The van der Waals surface area contributed by atoms with Crippen LogP contribution in [0, 0.1) is 11.3 Å². The smallest absolute Gasteiger partial charge is 0.201 e. The Morgan fingerprint density at radius 1 is 1.55 bits per heavy atom. The minimum Gasteiger partial charge on any atom is -0.396 e. The molecule has 0 heterocycles. The van der Waals surface area contributed by atoms with Gasteiger partial charge in [0, 0.05) is 5.92 Å². The first-order valence-electron chi connectivity index (χ1n) is 3.50. The third-order valence-electron chi connectivity index (χ3n) is 1.57. The van der Waals surface area contributed by atoms with E-state index in [4.69, 9.17) is 15.6 Å². The average Bonchev–Trinajstić information content (AvgIpc) is 2.05. The second kappa shape index (κ2) is 4.98. The van der Waals surface area contributed by atoms with Crippen molar-refractivity contribution in [3.63, 3.8) is 0 Å². The molecule has 0 rings (SSSR count). The Hall–Kier alpha value is -0.740. The number of Topliss-reactive ketones (excluding diaryl/α,β-unsaturated/α-hetero) is 1. The average molecular weight is 159 g/mol. The zero-order valence-electron chi connectivity index (χ0n) is 6.50. The van der Waals surface area contributed by atoms with E-state index in [2.05, 4.69) is 0 Å². The van der Waals surface area contributed by atoms with Gasteiger partial charge in [-0.25, -0.2) is 0 Å². The zero-order valence-corrected chi connectivity index (χ0v) is 6.50. The van der Waals surface area contributed by atoms with Crippen LogP contribution in [0.5, 0.6) is 0 Å². The lowest BCUT2D eigenvalue weighted by molar-refractivity contribution is -0.115. The summed E-state index contributed by atoms with van der Waals surface area (Å²) in [4.78, 5) is 10.7. The highest BCUT2D eigenvalue weighted by molar-refractivity contribution is 6.39. The van der Waals surface area contributed by atoms with E-state index in [0.717, 1.165) is 0 Å². The first kappa shape index (κ1) is 10.3. The van der Waals surface area contributed by atoms with Gasteiger partial charge in [0.2, 0.25) is 5.78 Å². The molecule has 0 aliphatic heterocycles. The topological polar surface area (TPSA) is 81.4 Å². The van der Waals surface area contributed by atoms with E-state index >= 15 is 0 Å². The number of aliphatic hydroxyl groups excluding tert-OH is 2. The Kier molecular flexibility index (Phi) is 4.65. The van der Waals surface area contributed by atoms with Crippen LogP contribution in [0.25, 0.3) is 0 Å². The molecule has 0 radical (unpaired) electrons. The Bertz CT molecular complexity index is 152. The van der Waals surface area contributed by atoms with Gasteiger partial charge in [0.15, 0.2) is 0 Å². The molecule has 0 aliphatic rings. The summed E-state index contributed by atoms with van der Waals surface area (Å²) in [6.45, 7) is 0.927. The highest BCUT2D eigenvalue weighted by atomic mass is 16.3. The molecular weight excluding hydrogens is 146 g/mol. The van der Waals surface area contributed by atoms with Crippen molar-refractivity contribution in [1.29, 1.82) is 5.41 Å². The number of hydrogen-bond donors (Lipinski definition) is 3. The van der Waals surface area contributed by atoms with Crippen LogP contribution in [0.2, 0.25) is 0 Å². The predicted molar refractivity (Wildman–Crippen MR) is 40.7 cm³/mol. The lowest BCUT2D eigenvalue weighted by Crippen LogP contribution is -2.27. The Labute approximate surface area is 65.4 Å². The molecular formula is C7H13NO3. The lowest BCUT2D eigenvalue weighted by Gasteiger charge is -2.10. The van der Waals surface area contributed by atoms with E-state index in [-0.39, 0.29) is 12.3 Å². The number of nitrogens with one attached hydrogen (secondary N) is 1. The highest BCUT2D eigenvalue weighted by Crippen LogP contribution is 2.03. The Morgan fingerprint density at radius 2 is 2.09 bits per heavy atom. The van der Waals surface area contributed by atoms with Crippen molar-refractivity contribution >= 4 is 11.5 Å². The summed E-state index contributed by atoms with van der Waals surface area (Å²) in [6, 6.07) is 0. The number of carbonyl (C=O) groups is 1. The van der Waals surface area contributed by atoms with Gasteiger partial charge in [0.25, 0.3) is 0 Å². The maximum absolute atomic E-state index is 10.7. The molecule has 3 N–H and O–H groups in total. The van der Waals surface area contributed by atoms with Gasteiger partial charge >= 0.3 is 0 Å². The van der Waals surface area contributed by atoms with E-state index in [0.29, 0.717) is 6.42 Å². The fourth-order valence-corrected chi connectivity index (χ4v) is 0.737. The third-order valence-corrected chi connectivity index (χ3v) is 1.57. The first-order chi connectivity index (χ1) is 5.17. The molecule has 0 aromatic carbocycles. The van der Waals surface area contributed by atoms with Crippen LogP contribution in [0.1, 0.15) is 13.3 Å². The van der Waals surface area contributed by atoms with Crippen molar-refractivity contribution in [3.05, 3.63) is 0 Å². The highest BCUT2D eigenvalue weighted by Gasteiger charge is 2.17. The van der Waals surface area contributed by atoms with Gasteiger partial charge < -0.3 is 15.6 Å². The van der Waals surface area contributed by atoms with Gasteiger partial charge in [0.1, 0.15) is 6.61 Å². The molecule has 64 valence electrons. The number of hydrogen-bond acceptors (Lipinski definition) is 4.